The molecule has 0 saturated heterocycles. The molecule has 0 saturated carbocycles. The van der Waals surface area contributed by atoms with E-state index in [4.69, 9.17) is 4.42 Å². The Bertz CT molecular complexity index is 911. The Morgan fingerprint density at radius 1 is 1.17 bits per heavy atom. The lowest BCUT2D eigenvalue weighted by Crippen LogP contribution is -2.25. The van der Waals surface area contributed by atoms with E-state index in [1.165, 1.54) is 5.56 Å². The Kier molecular flexibility index (Phi) is 6.88. The van der Waals surface area contributed by atoms with Crippen molar-refractivity contribution in [1.82, 2.24) is 20.4 Å². The van der Waals surface area contributed by atoms with Crippen LogP contribution in [0.3, 0.4) is 0 Å². The van der Waals surface area contributed by atoms with Gasteiger partial charge in [-0.25, -0.2) is 0 Å². The zero-order valence-corrected chi connectivity index (χ0v) is 17.7. The molecule has 6 nitrogen and oxygen atoms in total. The smallest absolute Gasteiger partial charge is 0.220 e. The van der Waals surface area contributed by atoms with Gasteiger partial charge in [-0.15, -0.1) is 0 Å². The Hall–Kier alpha value is -2.86. The van der Waals surface area contributed by atoms with Gasteiger partial charge in [0.15, 0.2) is 0 Å². The lowest BCUT2D eigenvalue weighted by molar-refractivity contribution is -0.121. The lowest BCUT2D eigenvalue weighted by atomic mass is 9.95. The molecule has 2 N–H and O–H groups in total. The SMILES string of the molecule is Cc1n[nH]c(C)c1[C@H](C)CC(=O)NCc1ccccc1CN(C)Cc1ccco1. The van der Waals surface area contributed by atoms with E-state index in [2.05, 4.69) is 46.5 Å². The highest BCUT2D eigenvalue weighted by molar-refractivity contribution is 5.77. The number of aryl methyl sites for hydroxylation is 2. The first-order valence-corrected chi connectivity index (χ1v) is 10.00. The van der Waals surface area contributed by atoms with Crippen molar-refractivity contribution in [3.05, 3.63) is 76.5 Å². The largest absolute Gasteiger partial charge is 0.468 e. The standard InChI is InChI=1S/C23H30N4O2/c1-16(23-17(2)25-26-18(23)3)12-22(28)24-13-19-8-5-6-9-20(19)14-27(4)15-21-10-7-11-29-21/h5-11,16H,12-15H2,1-4H3,(H,24,28)(H,25,26)/t16-/m1/s1. The highest BCUT2D eigenvalue weighted by Crippen LogP contribution is 2.24. The van der Waals surface area contributed by atoms with Crippen molar-refractivity contribution in [1.29, 1.82) is 0 Å². The average Bonchev–Trinajstić information content (AvgIpc) is 3.30. The first-order valence-electron chi connectivity index (χ1n) is 10.00. The maximum Gasteiger partial charge on any atom is 0.220 e. The van der Waals surface area contributed by atoms with Crippen LogP contribution in [0.1, 0.15) is 53.1 Å². The summed E-state index contributed by atoms with van der Waals surface area (Å²) in [7, 11) is 2.06. The van der Waals surface area contributed by atoms with Crippen LogP contribution in [0.2, 0.25) is 0 Å². The first kappa shape index (κ1) is 20.9. The summed E-state index contributed by atoms with van der Waals surface area (Å²) in [5.41, 5.74) is 5.48. The van der Waals surface area contributed by atoms with E-state index in [-0.39, 0.29) is 11.8 Å². The van der Waals surface area contributed by atoms with E-state index >= 15 is 0 Å². The Labute approximate surface area is 172 Å². The number of hydrogen-bond donors (Lipinski definition) is 2. The molecule has 29 heavy (non-hydrogen) atoms. The van der Waals surface area contributed by atoms with E-state index in [9.17, 15) is 4.79 Å². The quantitative estimate of drug-likeness (QED) is 0.574. The topological polar surface area (TPSA) is 74.2 Å². The molecule has 2 aromatic heterocycles. The summed E-state index contributed by atoms with van der Waals surface area (Å²) < 4.78 is 5.43. The number of furan rings is 1. The zero-order chi connectivity index (χ0) is 20.8. The molecular formula is C23H30N4O2. The van der Waals surface area contributed by atoms with Crippen LogP contribution in [0.25, 0.3) is 0 Å². The number of rotatable bonds is 9. The minimum atomic E-state index is 0.0521. The summed E-state index contributed by atoms with van der Waals surface area (Å²) in [5.74, 6) is 1.12. The highest BCUT2D eigenvalue weighted by atomic mass is 16.3. The Morgan fingerprint density at radius 2 is 1.93 bits per heavy atom. The summed E-state index contributed by atoms with van der Waals surface area (Å²) in [6, 6.07) is 12.1. The van der Waals surface area contributed by atoms with E-state index < -0.39 is 0 Å². The summed E-state index contributed by atoms with van der Waals surface area (Å²) in [4.78, 5) is 14.7. The van der Waals surface area contributed by atoms with Crippen LogP contribution in [0.4, 0.5) is 0 Å². The van der Waals surface area contributed by atoms with Gasteiger partial charge in [0.1, 0.15) is 5.76 Å². The number of hydrogen-bond acceptors (Lipinski definition) is 4. The fourth-order valence-corrected chi connectivity index (χ4v) is 3.83. The normalized spacial score (nSPS) is 12.3. The molecule has 0 fully saturated rings. The van der Waals surface area contributed by atoms with Crippen molar-refractivity contribution < 1.29 is 9.21 Å². The van der Waals surface area contributed by atoms with Crippen LogP contribution in [0.5, 0.6) is 0 Å². The predicted molar refractivity (Wildman–Crippen MR) is 113 cm³/mol. The summed E-state index contributed by atoms with van der Waals surface area (Å²) >= 11 is 0. The molecular weight excluding hydrogens is 364 g/mol. The fraction of sp³-hybridized carbons (Fsp3) is 0.391. The van der Waals surface area contributed by atoms with Gasteiger partial charge in [0.25, 0.3) is 0 Å². The molecule has 0 unspecified atom stereocenters. The number of nitrogens with one attached hydrogen (secondary N) is 2. The number of carbonyl (C=O) groups excluding carboxylic acids is 1. The molecule has 154 valence electrons. The second kappa shape index (κ2) is 9.56. The molecule has 0 radical (unpaired) electrons. The number of aromatic amines is 1. The van der Waals surface area contributed by atoms with Gasteiger partial charge in [-0.3, -0.25) is 14.8 Å². The number of amides is 1. The van der Waals surface area contributed by atoms with Gasteiger partial charge in [0, 0.05) is 25.2 Å². The van der Waals surface area contributed by atoms with Crippen molar-refractivity contribution >= 4 is 5.91 Å². The van der Waals surface area contributed by atoms with Gasteiger partial charge in [0.05, 0.1) is 18.5 Å². The van der Waals surface area contributed by atoms with E-state index in [1.807, 2.05) is 38.1 Å². The number of nitrogens with zero attached hydrogens (tertiary/aromatic N) is 2. The molecule has 0 spiro atoms. The van der Waals surface area contributed by atoms with E-state index in [1.54, 1.807) is 6.26 Å². The lowest BCUT2D eigenvalue weighted by Gasteiger charge is -2.18. The highest BCUT2D eigenvalue weighted by Gasteiger charge is 2.17. The minimum absolute atomic E-state index is 0.0521. The van der Waals surface area contributed by atoms with Crippen LogP contribution >= 0.6 is 0 Å². The number of aromatic nitrogens is 2. The number of carbonyl (C=O) groups is 1. The average molecular weight is 395 g/mol. The summed E-state index contributed by atoms with van der Waals surface area (Å²) in [6.07, 6.45) is 2.14. The van der Waals surface area contributed by atoms with Crippen molar-refractivity contribution in [3.63, 3.8) is 0 Å². The van der Waals surface area contributed by atoms with Gasteiger partial charge < -0.3 is 9.73 Å². The Balaban J connectivity index is 1.55. The van der Waals surface area contributed by atoms with Crippen molar-refractivity contribution in [2.24, 2.45) is 0 Å². The van der Waals surface area contributed by atoms with Crippen molar-refractivity contribution in [3.8, 4) is 0 Å². The molecule has 3 rings (SSSR count). The molecule has 2 heterocycles. The van der Waals surface area contributed by atoms with Gasteiger partial charge in [-0.1, -0.05) is 31.2 Å². The molecule has 0 aliphatic carbocycles. The number of H-pyrrole nitrogens is 1. The number of benzene rings is 1. The monoisotopic (exact) mass is 394 g/mol. The van der Waals surface area contributed by atoms with Crippen molar-refractivity contribution in [2.45, 2.75) is 52.7 Å². The van der Waals surface area contributed by atoms with Gasteiger partial charge in [-0.05, 0) is 55.6 Å². The van der Waals surface area contributed by atoms with Crippen LogP contribution in [0.15, 0.2) is 47.1 Å². The second-order valence-electron chi connectivity index (χ2n) is 7.75. The molecule has 0 bridgehead atoms. The van der Waals surface area contributed by atoms with Gasteiger partial charge >= 0.3 is 0 Å². The van der Waals surface area contributed by atoms with Gasteiger partial charge in [0.2, 0.25) is 5.91 Å². The molecule has 1 atom stereocenters. The third-order valence-corrected chi connectivity index (χ3v) is 5.21. The van der Waals surface area contributed by atoms with E-state index in [0.717, 1.165) is 41.4 Å². The third kappa shape index (κ3) is 5.57. The summed E-state index contributed by atoms with van der Waals surface area (Å²) in [5, 5.41) is 10.3. The Morgan fingerprint density at radius 3 is 2.59 bits per heavy atom. The van der Waals surface area contributed by atoms with E-state index in [0.29, 0.717) is 13.0 Å². The molecule has 6 heteroatoms. The van der Waals surface area contributed by atoms with Crippen LogP contribution in [0, 0.1) is 13.8 Å². The van der Waals surface area contributed by atoms with Gasteiger partial charge in [-0.2, -0.15) is 5.10 Å². The minimum Gasteiger partial charge on any atom is -0.468 e. The first-order chi connectivity index (χ1) is 13.9. The molecule has 3 aromatic rings. The molecule has 0 aliphatic heterocycles. The van der Waals surface area contributed by atoms with Crippen LogP contribution in [-0.2, 0) is 24.4 Å². The zero-order valence-electron chi connectivity index (χ0n) is 17.7. The third-order valence-electron chi connectivity index (χ3n) is 5.21. The molecule has 0 aliphatic rings. The second-order valence-corrected chi connectivity index (χ2v) is 7.75. The predicted octanol–water partition coefficient (Wildman–Crippen LogP) is 4.06. The molecule has 1 amide bonds. The maximum absolute atomic E-state index is 12.5. The van der Waals surface area contributed by atoms with Crippen molar-refractivity contribution in [2.75, 3.05) is 7.05 Å². The fourth-order valence-electron chi connectivity index (χ4n) is 3.83. The van der Waals surface area contributed by atoms with Crippen LogP contribution in [-0.4, -0.2) is 28.1 Å². The van der Waals surface area contributed by atoms with Crippen LogP contribution < -0.4 is 5.32 Å². The molecule has 1 aromatic carbocycles. The maximum atomic E-state index is 12.5. The summed E-state index contributed by atoms with van der Waals surface area (Å²) in [6.45, 7) is 8.11.